The molecule has 0 spiro atoms. The number of amides is 1. The van der Waals surface area contributed by atoms with E-state index in [1.807, 2.05) is 6.08 Å². The Morgan fingerprint density at radius 1 is 0.391 bits per heavy atom. The first-order valence-electron chi connectivity index (χ1n) is 38.2. The van der Waals surface area contributed by atoms with Gasteiger partial charge in [-0.25, -0.2) is 0 Å². The highest BCUT2D eigenvalue weighted by Gasteiger charge is 2.51. The van der Waals surface area contributed by atoms with E-state index in [2.05, 4.69) is 79.9 Å². The maximum Gasteiger partial charge on any atom is 0.220 e. The predicted molar refractivity (Wildman–Crippen MR) is 378 cm³/mol. The summed E-state index contributed by atoms with van der Waals surface area (Å²) < 4.78 is 22.9. The van der Waals surface area contributed by atoms with E-state index in [4.69, 9.17) is 18.9 Å². The standard InChI is InChI=1S/C78H141NO13/c1-3-5-7-9-11-13-15-17-19-21-23-25-27-29-30-31-32-33-34-35-36-38-39-41-43-45-47-49-51-53-55-57-59-61-67(82)66(65-89-77-75(88)73(86)76(69(64-81)91-77)92-78-74(87)72(85)71(84)68(63-80)90-78)79-70(83)62-60-58-56-54-52-50-48-46-44-42-40-37-28-26-24-22-20-18-16-14-12-10-8-6-4-2/h16,18,22,24,28,37,43,45,51,53,59,61,66-69,71-78,80-82,84-88H,3-15,17,19-21,23,25-27,29-36,38-42,44,46-50,52,54-58,60,62-65H2,1-2H3,(H,79,83)/b18-16-,24-22-,37-28-,45-43+,53-51+,61-59+. The van der Waals surface area contributed by atoms with Crippen molar-refractivity contribution in [1.82, 2.24) is 5.32 Å². The van der Waals surface area contributed by atoms with Crippen molar-refractivity contribution in [3.05, 3.63) is 72.9 Å². The second-order valence-electron chi connectivity index (χ2n) is 26.8. The van der Waals surface area contributed by atoms with Crippen LogP contribution in [0.3, 0.4) is 0 Å². The molecule has 0 aromatic rings. The molecule has 536 valence electrons. The van der Waals surface area contributed by atoms with Crippen LogP contribution in [0.25, 0.3) is 0 Å². The maximum atomic E-state index is 13.3. The molecule has 0 saturated carbocycles. The van der Waals surface area contributed by atoms with Gasteiger partial charge in [-0.15, -0.1) is 0 Å². The number of rotatable bonds is 63. The molecule has 0 aliphatic carbocycles. The Kier molecular flexibility index (Phi) is 57.6. The van der Waals surface area contributed by atoms with E-state index < -0.39 is 86.8 Å². The van der Waals surface area contributed by atoms with E-state index in [0.29, 0.717) is 12.8 Å². The van der Waals surface area contributed by atoms with Gasteiger partial charge < -0.3 is 65.1 Å². The van der Waals surface area contributed by atoms with Crippen LogP contribution in [0.4, 0.5) is 0 Å². The Bertz CT molecular complexity index is 1820. The van der Waals surface area contributed by atoms with Crippen LogP contribution in [0.15, 0.2) is 72.9 Å². The van der Waals surface area contributed by atoms with Gasteiger partial charge in [-0.05, 0) is 83.5 Å². The SMILES string of the molecule is CCCCCCC/C=C\C/C=C\C/C=C\CCCCCCCCCCCCC(=O)NC(COC1OC(CO)C(OC2OC(CO)C(O)C(O)C2O)C(O)C1O)C(O)/C=C/CC/C=C/CC/C=C/CCCCCCCCCCCCCCCCCCCCCCCCC. The van der Waals surface area contributed by atoms with Gasteiger partial charge >= 0.3 is 0 Å². The molecule has 0 bridgehead atoms. The highest BCUT2D eigenvalue weighted by Crippen LogP contribution is 2.30. The normalized spacial score (nSPS) is 23.1. The van der Waals surface area contributed by atoms with Crippen molar-refractivity contribution in [3.8, 4) is 0 Å². The highest BCUT2D eigenvalue weighted by atomic mass is 16.7. The van der Waals surface area contributed by atoms with Gasteiger partial charge in [0.1, 0.15) is 48.8 Å². The quantitative estimate of drug-likeness (QED) is 0.0204. The summed E-state index contributed by atoms with van der Waals surface area (Å²) in [5.41, 5.74) is 0. The number of aliphatic hydroxyl groups excluding tert-OH is 8. The van der Waals surface area contributed by atoms with Gasteiger partial charge in [0.15, 0.2) is 12.6 Å². The number of hydrogen-bond acceptors (Lipinski definition) is 13. The van der Waals surface area contributed by atoms with Gasteiger partial charge in [0.05, 0.1) is 32.0 Å². The molecule has 2 rings (SSSR count). The number of ether oxygens (including phenoxy) is 4. The van der Waals surface area contributed by atoms with Gasteiger partial charge in [0.25, 0.3) is 0 Å². The average Bonchev–Trinajstić information content (AvgIpc) is 0.865. The van der Waals surface area contributed by atoms with E-state index in [1.54, 1.807) is 6.08 Å². The molecule has 12 unspecified atom stereocenters. The number of unbranched alkanes of at least 4 members (excludes halogenated alkanes) is 40. The summed E-state index contributed by atoms with van der Waals surface area (Å²) in [5, 5.41) is 87.5. The van der Waals surface area contributed by atoms with Crippen molar-refractivity contribution >= 4 is 5.91 Å². The molecule has 92 heavy (non-hydrogen) atoms. The number of hydrogen-bond donors (Lipinski definition) is 9. The summed E-state index contributed by atoms with van der Waals surface area (Å²) in [5.74, 6) is -0.256. The van der Waals surface area contributed by atoms with Crippen molar-refractivity contribution in [2.24, 2.45) is 0 Å². The third-order valence-electron chi connectivity index (χ3n) is 18.3. The van der Waals surface area contributed by atoms with Crippen LogP contribution in [0.2, 0.25) is 0 Å². The first kappa shape index (κ1) is 85.5. The topological polar surface area (TPSA) is 228 Å². The molecule has 2 aliphatic heterocycles. The van der Waals surface area contributed by atoms with Gasteiger partial charge in [-0.1, -0.05) is 305 Å². The molecule has 0 aromatic heterocycles. The molecule has 14 heteroatoms. The zero-order chi connectivity index (χ0) is 66.6. The minimum atomic E-state index is -1.80. The van der Waals surface area contributed by atoms with E-state index in [-0.39, 0.29) is 18.9 Å². The van der Waals surface area contributed by atoms with Crippen molar-refractivity contribution in [2.45, 2.75) is 396 Å². The Hall–Kier alpha value is -2.57. The van der Waals surface area contributed by atoms with E-state index >= 15 is 0 Å². The summed E-state index contributed by atoms with van der Waals surface area (Å²) in [6, 6.07) is -0.946. The molecule has 9 N–H and O–H groups in total. The van der Waals surface area contributed by atoms with Crippen LogP contribution in [0, 0.1) is 0 Å². The lowest BCUT2D eigenvalue weighted by Gasteiger charge is -2.46. The fourth-order valence-corrected chi connectivity index (χ4v) is 12.3. The van der Waals surface area contributed by atoms with Gasteiger partial charge in [0.2, 0.25) is 5.91 Å². The lowest BCUT2D eigenvalue weighted by atomic mass is 9.97. The van der Waals surface area contributed by atoms with E-state index in [1.165, 1.54) is 225 Å². The number of nitrogens with one attached hydrogen (secondary N) is 1. The van der Waals surface area contributed by atoms with Crippen molar-refractivity contribution in [1.29, 1.82) is 0 Å². The molecule has 0 aromatic carbocycles. The lowest BCUT2D eigenvalue weighted by Crippen LogP contribution is -2.65. The Balaban J connectivity index is 1.67. The maximum absolute atomic E-state index is 13.3. The zero-order valence-corrected chi connectivity index (χ0v) is 58.5. The Labute approximate surface area is 561 Å². The first-order chi connectivity index (χ1) is 45.1. The van der Waals surface area contributed by atoms with Crippen molar-refractivity contribution in [2.75, 3.05) is 19.8 Å². The predicted octanol–water partition coefficient (Wildman–Crippen LogP) is 16.6. The number of carbonyl (C=O) groups excluding carboxylic acids is 1. The Morgan fingerprint density at radius 2 is 0.728 bits per heavy atom. The fraction of sp³-hybridized carbons (Fsp3) is 0.833. The summed E-state index contributed by atoms with van der Waals surface area (Å²) >= 11 is 0. The third-order valence-corrected chi connectivity index (χ3v) is 18.3. The highest BCUT2D eigenvalue weighted by molar-refractivity contribution is 5.76. The molecule has 0 radical (unpaired) electrons. The molecule has 1 amide bonds. The molecule has 2 aliphatic rings. The molecule has 14 nitrogen and oxygen atoms in total. The second-order valence-corrected chi connectivity index (χ2v) is 26.8. The van der Waals surface area contributed by atoms with Gasteiger partial charge in [-0.3, -0.25) is 4.79 Å². The molecule has 2 saturated heterocycles. The summed E-state index contributed by atoms with van der Waals surface area (Å²) in [6.07, 6.45) is 68.3. The number of allylic oxidation sites excluding steroid dienone is 11. The second kappa shape index (κ2) is 62.0. The van der Waals surface area contributed by atoms with Crippen LogP contribution >= 0.6 is 0 Å². The van der Waals surface area contributed by atoms with Crippen LogP contribution in [0.5, 0.6) is 0 Å². The zero-order valence-electron chi connectivity index (χ0n) is 58.5. The first-order valence-corrected chi connectivity index (χ1v) is 38.2. The van der Waals surface area contributed by atoms with Crippen LogP contribution < -0.4 is 5.32 Å². The lowest BCUT2D eigenvalue weighted by molar-refractivity contribution is -0.359. The van der Waals surface area contributed by atoms with Crippen LogP contribution in [0.1, 0.15) is 322 Å². The molecule has 2 heterocycles. The Morgan fingerprint density at radius 3 is 1.14 bits per heavy atom. The third kappa shape index (κ3) is 45.0. The fourth-order valence-electron chi connectivity index (χ4n) is 12.3. The van der Waals surface area contributed by atoms with E-state index in [0.717, 1.165) is 64.2 Å². The van der Waals surface area contributed by atoms with E-state index in [9.17, 15) is 45.6 Å². The largest absolute Gasteiger partial charge is 0.394 e. The van der Waals surface area contributed by atoms with Crippen molar-refractivity contribution < 1.29 is 64.6 Å². The van der Waals surface area contributed by atoms with Crippen molar-refractivity contribution in [3.63, 3.8) is 0 Å². The monoisotopic (exact) mass is 1300 g/mol. The minimum absolute atomic E-state index is 0.256. The van der Waals surface area contributed by atoms with Crippen LogP contribution in [-0.2, 0) is 23.7 Å². The molecule has 2 fully saturated rings. The van der Waals surface area contributed by atoms with Gasteiger partial charge in [0, 0.05) is 6.42 Å². The smallest absolute Gasteiger partial charge is 0.220 e. The number of aliphatic hydroxyl groups is 8. The summed E-state index contributed by atoms with van der Waals surface area (Å²) in [6.45, 7) is 2.80. The molecule has 12 atom stereocenters. The van der Waals surface area contributed by atoms with Gasteiger partial charge in [-0.2, -0.15) is 0 Å². The average molecular weight is 1300 g/mol. The molecular weight excluding hydrogens is 1160 g/mol. The van der Waals surface area contributed by atoms with Crippen LogP contribution in [-0.4, -0.2) is 140 Å². The number of carbonyl (C=O) groups is 1. The summed E-state index contributed by atoms with van der Waals surface area (Å²) in [4.78, 5) is 13.3. The summed E-state index contributed by atoms with van der Waals surface area (Å²) in [7, 11) is 0. The minimum Gasteiger partial charge on any atom is -0.394 e. The molecular formula is C78H141NO13.